The van der Waals surface area contributed by atoms with Crippen molar-refractivity contribution in [2.24, 2.45) is 0 Å². The summed E-state index contributed by atoms with van der Waals surface area (Å²) in [5, 5.41) is 0.959. The highest BCUT2D eigenvalue weighted by Gasteiger charge is 2.15. The highest BCUT2D eigenvalue weighted by molar-refractivity contribution is 7.11. The average Bonchev–Trinajstić information content (AvgIpc) is 2.81. The Balaban J connectivity index is 2.24. The van der Waals surface area contributed by atoms with Crippen LogP contribution in [0.4, 0.5) is 13.2 Å². The van der Waals surface area contributed by atoms with E-state index in [4.69, 9.17) is 0 Å². The zero-order chi connectivity index (χ0) is 14.0. The molecule has 1 nitrogen and oxygen atoms in total. The van der Waals surface area contributed by atoms with E-state index in [1.54, 1.807) is 6.20 Å². The Hall–Kier alpha value is -1.36. The molecule has 1 aromatic heterocycles. The number of halogens is 3. The van der Waals surface area contributed by atoms with Crippen molar-refractivity contribution in [3.63, 3.8) is 0 Å². The largest absolute Gasteiger partial charge is 0.249 e. The first kappa shape index (κ1) is 14.1. The van der Waals surface area contributed by atoms with Gasteiger partial charge < -0.3 is 0 Å². The first-order chi connectivity index (χ1) is 9.01. The van der Waals surface area contributed by atoms with Crippen molar-refractivity contribution >= 4 is 11.3 Å². The number of hydrogen-bond acceptors (Lipinski definition) is 2. The molecule has 0 aliphatic rings. The molecule has 1 heterocycles. The Kier molecular flexibility index (Phi) is 4.24. The SMILES string of the molecule is CCC(C)c1ncc(Cc2c(F)cc(F)cc2F)s1. The van der Waals surface area contributed by atoms with E-state index in [9.17, 15) is 13.2 Å². The van der Waals surface area contributed by atoms with Crippen LogP contribution in [0, 0.1) is 17.5 Å². The van der Waals surface area contributed by atoms with Crippen molar-refractivity contribution in [2.45, 2.75) is 32.6 Å². The van der Waals surface area contributed by atoms with Gasteiger partial charge in [-0.2, -0.15) is 0 Å². The molecule has 1 unspecified atom stereocenters. The predicted octanol–water partition coefficient (Wildman–Crippen LogP) is 4.66. The number of nitrogens with zero attached hydrogens (tertiary/aromatic N) is 1. The molecule has 0 aliphatic carbocycles. The summed E-state index contributed by atoms with van der Waals surface area (Å²) in [6, 6.07) is 1.41. The molecule has 1 atom stereocenters. The third-order valence-electron chi connectivity index (χ3n) is 3.06. The highest BCUT2D eigenvalue weighted by Crippen LogP contribution is 2.27. The van der Waals surface area contributed by atoms with Crippen LogP contribution < -0.4 is 0 Å². The summed E-state index contributed by atoms with van der Waals surface area (Å²) >= 11 is 1.44. The lowest BCUT2D eigenvalue weighted by Crippen LogP contribution is -1.97. The molecular formula is C14H14F3NS. The molecule has 1 aromatic carbocycles. The smallest absolute Gasteiger partial charge is 0.132 e. The van der Waals surface area contributed by atoms with Gasteiger partial charge in [0.2, 0.25) is 0 Å². The van der Waals surface area contributed by atoms with E-state index in [-0.39, 0.29) is 12.0 Å². The van der Waals surface area contributed by atoms with Gasteiger partial charge in [-0.15, -0.1) is 11.3 Å². The maximum Gasteiger partial charge on any atom is 0.132 e. The van der Waals surface area contributed by atoms with Crippen LogP contribution in [0.3, 0.4) is 0 Å². The summed E-state index contributed by atoms with van der Waals surface area (Å²) in [4.78, 5) is 5.04. The summed E-state index contributed by atoms with van der Waals surface area (Å²) in [6.07, 6.45) is 2.70. The molecular weight excluding hydrogens is 271 g/mol. The zero-order valence-electron chi connectivity index (χ0n) is 10.7. The molecule has 0 N–H and O–H groups in total. The fourth-order valence-corrected chi connectivity index (χ4v) is 2.79. The van der Waals surface area contributed by atoms with E-state index < -0.39 is 17.5 Å². The molecule has 102 valence electrons. The van der Waals surface area contributed by atoms with Crippen LogP contribution in [0.5, 0.6) is 0 Å². The van der Waals surface area contributed by atoms with Crippen LogP contribution in [0.15, 0.2) is 18.3 Å². The second kappa shape index (κ2) is 5.74. The van der Waals surface area contributed by atoms with Gasteiger partial charge in [0.05, 0.1) is 5.01 Å². The van der Waals surface area contributed by atoms with Crippen LogP contribution >= 0.6 is 11.3 Å². The number of thiazole rings is 1. The van der Waals surface area contributed by atoms with Crippen LogP contribution in [0.2, 0.25) is 0 Å². The molecule has 2 aromatic rings. The van der Waals surface area contributed by atoms with Gasteiger partial charge >= 0.3 is 0 Å². The van der Waals surface area contributed by atoms with E-state index in [0.717, 1.165) is 16.3 Å². The van der Waals surface area contributed by atoms with Gasteiger partial charge in [-0.1, -0.05) is 13.8 Å². The number of hydrogen-bond donors (Lipinski definition) is 0. The Morgan fingerprint density at radius 1 is 1.21 bits per heavy atom. The van der Waals surface area contributed by atoms with Gasteiger partial charge in [-0.05, 0) is 6.42 Å². The van der Waals surface area contributed by atoms with Crippen LogP contribution in [-0.4, -0.2) is 4.98 Å². The molecule has 0 radical (unpaired) electrons. The summed E-state index contributed by atoms with van der Waals surface area (Å²) in [5.41, 5.74) is -0.110. The Morgan fingerprint density at radius 2 is 1.84 bits per heavy atom. The van der Waals surface area contributed by atoms with Crippen molar-refractivity contribution in [1.29, 1.82) is 0 Å². The molecule has 2 rings (SSSR count). The van der Waals surface area contributed by atoms with Gasteiger partial charge in [0.25, 0.3) is 0 Å². The molecule has 0 saturated carbocycles. The lowest BCUT2D eigenvalue weighted by atomic mass is 10.1. The quantitative estimate of drug-likeness (QED) is 0.796. The standard InChI is InChI=1S/C14H14F3NS/c1-3-8(2)14-18-7-10(19-14)6-11-12(16)4-9(15)5-13(11)17/h4-5,7-8H,3,6H2,1-2H3. The lowest BCUT2D eigenvalue weighted by molar-refractivity contribution is 0.528. The van der Waals surface area contributed by atoms with E-state index in [1.807, 2.05) is 0 Å². The maximum absolute atomic E-state index is 13.5. The predicted molar refractivity (Wildman–Crippen MR) is 69.9 cm³/mol. The van der Waals surface area contributed by atoms with Gasteiger partial charge in [0.15, 0.2) is 0 Å². The molecule has 0 saturated heterocycles. The van der Waals surface area contributed by atoms with Gasteiger partial charge in [-0.25, -0.2) is 18.2 Å². The van der Waals surface area contributed by atoms with Crippen LogP contribution in [-0.2, 0) is 6.42 Å². The summed E-state index contributed by atoms with van der Waals surface area (Å²) in [7, 11) is 0. The number of aromatic nitrogens is 1. The maximum atomic E-state index is 13.5. The first-order valence-corrected chi connectivity index (χ1v) is 6.91. The zero-order valence-corrected chi connectivity index (χ0v) is 11.5. The van der Waals surface area contributed by atoms with E-state index in [2.05, 4.69) is 18.8 Å². The molecule has 19 heavy (non-hydrogen) atoms. The van der Waals surface area contributed by atoms with Crippen molar-refractivity contribution in [3.8, 4) is 0 Å². The van der Waals surface area contributed by atoms with Crippen molar-refractivity contribution in [3.05, 3.63) is 51.2 Å². The van der Waals surface area contributed by atoms with Gasteiger partial charge in [-0.3, -0.25) is 0 Å². The molecule has 5 heteroatoms. The lowest BCUT2D eigenvalue weighted by Gasteiger charge is -2.04. The van der Waals surface area contributed by atoms with Crippen LogP contribution in [0.1, 0.15) is 41.6 Å². The molecule has 0 amide bonds. The van der Waals surface area contributed by atoms with Crippen molar-refractivity contribution in [2.75, 3.05) is 0 Å². The van der Waals surface area contributed by atoms with Crippen molar-refractivity contribution in [1.82, 2.24) is 4.98 Å². The van der Waals surface area contributed by atoms with E-state index >= 15 is 0 Å². The Labute approximate surface area is 114 Å². The van der Waals surface area contributed by atoms with E-state index in [0.29, 0.717) is 18.1 Å². The monoisotopic (exact) mass is 285 g/mol. The molecule has 0 spiro atoms. The molecule has 0 bridgehead atoms. The summed E-state index contributed by atoms with van der Waals surface area (Å²) in [5.74, 6) is -2.27. The third kappa shape index (κ3) is 3.15. The normalized spacial score (nSPS) is 12.7. The summed E-state index contributed by atoms with van der Waals surface area (Å²) < 4.78 is 39.9. The second-order valence-corrected chi connectivity index (χ2v) is 5.65. The highest BCUT2D eigenvalue weighted by atomic mass is 32.1. The topological polar surface area (TPSA) is 12.9 Å². The second-order valence-electron chi connectivity index (χ2n) is 4.50. The fourth-order valence-electron chi connectivity index (χ4n) is 1.72. The minimum Gasteiger partial charge on any atom is -0.249 e. The minimum atomic E-state index is -0.900. The molecule has 0 fully saturated rings. The van der Waals surface area contributed by atoms with E-state index in [1.165, 1.54) is 11.3 Å². The van der Waals surface area contributed by atoms with Gasteiger partial charge in [0, 0.05) is 41.1 Å². The third-order valence-corrected chi connectivity index (χ3v) is 4.29. The summed E-state index contributed by atoms with van der Waals surface area (Å²) in [6.45, 7) is 4.12. The number of benzene rings is 1. The number of rotatable bonds is 4. The molecule has 0 aliphatic heterocycles. The first-order valence-electron chi connectivity index (χ1n) is 6.09. The fraction of sp³-hybridized carbons (Fsp3) is 0.357. The Morgan fingerprint density at radius 3 is 2.42 bits per heavy atom. The average molecular weight is 285 g/mol. The Bertz CT molecular complexity index is 557. The minimum absolute atomic E-state index is 0.103. The van der Waals surface area contributed by atoms with Gasteiger partial charge in [0.1, 0.15) is 17.5 Å². The van der Waals surface area contributed by atoms with Crippen molar-refractivity contribution < 1.29 is 13.2 Å². The van der Waals surface area contributed by atoms with Crippen LogP contribution in [0.25, 0.3) is 0 Å².